The quantitative estimate of drug-likeness (QED) is 0.482. The fraction of sp³-hybridized carbons (Fsp3) is 0.211. The summed E-state index contributed by atoms with van der Waals surface area (Å²) in [6.45, 7) is -0.159. The van der Waals surface area contributed by atoms with Gasteiger partial charge in [-0.2, -0.15) is 4.98 Å². The van der Waals surface area contributed by atoms with Gasteiger partial charge in [-0.15, -0.1) is 16.4 Å². The van der Waals surface area contributed by atoms with E-state index in [1.54, 1.807) is 18.6 Å². The maximum Gasteiger partial charge on any atom is 0.262 e. The van der Waals surface area contributed by atoms with E-state index in [4.69, 9.17) is 4.74 Å². The molecule has 0 saturated carbocycles. The van der Waals surface area contributed by atoms with Crippen LogP contribution in [0.5, 0.6) is 5.75 Å². The van der Waals surface area contributed by atoms with E-state index < -0.39 is 5.91 Å². The molecule has 10 heteroatoms. The largest absolute Gasteiger partial charge is 0.497 e. The topological polar surface area (TPSA) is 115 Å². The van der Waals surface area contributed by atoms with Crippen LogP contribution >= 0.6 is 11.3 Å². The van der Waals surface area contributed by atoms with Crippen LogP contribution in [0.1, 0.15) is 11.4 Å². The van der Waals surface area contributed by atoms with Crippen molar-refractivity contribution < 1.29 is 9.53 Å². The molecule has 0 bridgehead atoms. The second-order valence-corrected chi connectivity index (χ2v) is 7.21. The van der Waals surface area contributed by atoms with Crippen molar-refractivity contribution in [1.82, 2.24) is 24.7 Å². The second kappa shape index (κ2) is 8.23. The third-order valence-corrected chi connectivity index (χ3v) is 5.18. The van der Waals surface area contributed by atoms with Crippen LogP contribution in [-0.4, -0.2) is 37.7 Å². The van der Waals surface area contributed by atoms with Gasteiger partial charge in [-0.25, -0.2) is 4.98 Å². The zero-order valence-corrected chi connectivity index (χ0v) is 16.4. The number of carbonyl (C=O) groups is 1. The molecule has 2 N–H and O–H groups in total. The van der Waals surface area contributed by atoms with Crippen LogP contribution in [0.15, 0.2) is 46.8 Å². The molecule has 0 aliphatic carbocycles. The molecule has 0 radical (unpaired) electrons. The van der Waals surface area contributed by atoms with Crippen molar-refractivity contribution in [2.75, 3.05) is 12.4 Å². The number of aromatic nitrogens is 5. The highest BCUT2D eigenvalue weighted by molar-refractivity contribution is 7.16. The van der Waals surface area contributed by atoms with Gasteiger partial charge in [0.1, 0.15) is 22.9 Å². The van der Waals surface area contributed by atoms with Crippen molar-refractivity contribution in [3.63, 3.8) is 0 Å². The number of aryl methyl sites for hydroxylation is 2. The molecule has 1 aromatic carbocycles. The van der Waals surface area contributed by atoms with Crippen LogP contribution in [0, 0.1) is 0 Å². The molecule has 9 nitrogen and oxygen atoms in total. The molecule has 148 valence electrons. The fourth-order valence-electron chi connectivity index (χ4n) is 2.84. The number of ether oxygens (including phenoxy) is 1. The molecule has 0 atom stereocenters. The molecular weight excluding hydrogens is 392 g/mol. The van der Waals surface area contributed by atoms with Gasteiger partial charge in [-0.05, 0) is 35.6 Å². The zero-order valence-electron chi connectivity index (χ0n) is 15.6. The maximum atomic E-state index is 12.3. The van der Waals surface area contributed by atoms with E-state index in [2.05, 4.69) is 25.5 Å². The predicted octanol–water partition coefficient (Wildman–Crippen LogP) is 2.01. The van der Waals surface area contributed by atoms with Gasteiger partial charge in [0.25, 0.3) is 5.56 Å². The fourth-order valence-corrected chi connectivity index (χ4v) is 3.57. The number of benzene rings is 1. The molecule has 0 fully saturated rings. The summed E-state index contributed by atoms with van der Waals surface area (Å²) < 4.78 is 6.41. The Bertz CT molecular complexity index is 1190. The summed E-state index contributed by atoms with van der Waals surface area (Å²) in [5.74, 6) is 1.25. The molecule has 3 aromatic heterocycles. The van der Waals surface area contributed by atoms with Crippen molar-refractivity contribution in [3.8, 4) is 5.75 Å². The van der Waals surface area contributed by atoms with Crippen LogP contribution in [0.2, 0.25) is 0 Å². The first kappa shape index (κ1) is 18.8. The molecule has 0 spiro atoms. The van der Waals surface area contributed by atoms with E-state index in [1.165, 1.54) is 22.2 Å². The highest BCUT2D eigenvalue weighted by Crippen LogP contribution is 2.14. The lowest BCUT2D eigenvalue weighted by molar-refractivity contribution is -0.116. The van der Waals surface area contributed by atoms with Crippen molar-refractivity contribution in [2.24, 2.45) is 0 Å². The van der Waals surface area contributed by atoms with E-state index in [-0.39, 0.29) is 18.1 Å². The lowest BCUT2D eigenvalue weighted by atomic mass is 10.1. The van der Waals surface area contributed by atoms with Gasteiger partial charge in [0.15, 0.2) is 0 Å². The molecular formula is C19H18N6O3S. The van der Waals surface area contributed by atoms with E-state index in [0.29, 0.717) is 22.5 Å². The number of H-pyrrole nitrogens is 1. The third kappa shape index (κ3) is 4.32. The van der Waals surface area contributed by atoms with Crippen LogP contribution in [0.3, 0.4) is 0 Å². The number of nitrogens with zero attached hydrogens (tertiary/aromatic N) is 4. The van der Waals surface area contributed by atoms with Gasteiger partial charge < -0.3 is 4.74 Å². The van der Waals surface area contributed by atoms with Gasteiger partial charge in [0.2, 0.25) is 11.9 Å². The molecule has 0 aliphatic rings. The molecule has 3 heterocycles. The van der Waals surface area contributed by atoms with Crippen LogP contribution in [-0.2, 0) is 24.2 Å². The molecule has 4 aromatic rings. The second-order valence-electron chi connectivity index (χ2n) is 6.32. The van der Waals surface area contributed by atoms with E-state index in [0.717, 1.165) is 17.7 Å². The molecule has 1 amide bonds. The highest BCUT2D eigenvalue weighted by Gasteiger charge is 2.11. The average molecular weight is 410 g/mol. The Labute approximate surface area is 169 Å². The Balaban J connectivity index is 1.34. The van der Waals surface area contributed by atoms with E-state index >= 15 is 0 Å². The van der Waals surface area contributed by atoms with Crippen LogP contribution in [0.25, 0.3) is 10.2 Å². The van der Waals surface area contributed by atoms with Crippen LogP contribution < -0.4 is 15.6 Å². The summed E-state index contributed by atoms with van der Waals surface area (Å²) in [5.41, 5.74) is 0.894. The highest BCUT2D eigenvalue weighted by atomic mass is 32.1. The molecule has 0 unspecified atom stereocenters. The standard InChI is InChI=1S/C19H18N6O3S/c1-28-13-5-2-12(3-6-13)4-7-15-21-19(24-23-15)22-16(26)10-25-11-20-17-14(18(25)27)8-9-29-17/h2-3,5-6,8-9,11H,4,7,10H2,1H3,(H2,21,22,23,24,26). The van der Waals surface area contributed by atoms with Gasteiger partial charge >= 0.3 is 0 Å². The van der Waals surface area contributed by atoms with Crippen molar-refractivity contribution in [3.05, 3.63) is 63.8 Å². The van der Waals surface area contributed by atoms with Gasteiger partial charge in [-0.3, -0.25) is 24.6 Å². The molecule has 0 saturated heterocycles. The Kier molecular flexibility index (Phi) is 5.34. The summed E-state index contributed by atoms with van der Waals surface area (Å²) >= 11 is 1.38. The Morgan fingerprint density at radius 2 is 2.07 bits per heavy atom. The number of anilines is 1. The van der Waals surface area contributed by atoms with Gasteiger partial charge in [-0.1, -0.05) is 12.1 Å². The maximum absolute atomic E-state index is 12.3. The number of nitrogens with one attached hydrogen (secondary N) is 2. The van der Waals surface area contributed by atoms with E-state index in [9.17, 15) is 9.59 Å². The summed E-state index contributed by atoms with van der Waals surface area (Å²) in [5, 5.41) is 11.7. The number of amides is 1. The summed E-state index contributed by atoms with van der Waals surface area (Å²) in [6, 6.07) is 9.51. The van der Waals surface area contributed by atoms with Crippen molar-refractivity contribution >= 4 is 33.4 Å². The number of thiophene rings is 1. The number of hydrogen-bond donors (Lipinski definition) is 2. The number of rotatable bonds is 7. The Hall–Kier alpha value is -3.53. The molecule has 4 rings (SSSR count). The first-order chi connectivity index (χ1) is 14.1. The smallest absolute Gasteiger partial charge is 0.262 e. The monoisotopic (exact) mass is 410 g/mol. The third-order valence-electron chi connectivity index (χ3n) is 4.36. The average Bonchev–Trinajstić information content (AvgIpc) is 3.38. The SMILES string of the molecule is COc1ccc(CCc2nc(NC(=O)Cn3cnc4sccc4c3=O)n[nH]2)cc1. The minimum absolute atomic E-state index is 0.159. The summed E-state index contributed by atoms with van der Waals surface area (Å²) in [7, 11) is 1.63. The van der Waals surface area contributed by atoms with E-state index in [1.807, 2.05) is 24.3 Å². The Morgan fingerprint density at radius 3 is 2.86 bits per heavy atom. The minimum Gasteiger partial charge on any atom is -0.497 e. The van der Waals surface area contributed by atoms with Crippen LogP contribution in [0.4, 0.5) is 5.95 Å². The van der Waals surface area contributed by atoms with Crippen molar-refractivity contribution in [1.29, 1.82) is 0 Å². The first-order valence-electron chi connectivity index (χ1n) is 8.89. The first-order valence-corrected chi connectivity index (χ1v) is 9.77. The molecule has 0 aliphatic heterocycles. The number of carbonyl (C=O) groups excluding carboxylic acids is 1. The number of aromatic amines is 1. The zero-order chi connectivity index (χ0) is 20.2. The Morgan fingerprint density at radius 1 is 1.24 bits per heavy atom. The lowest BCUT2D eigenvalue weighted by Gasteiger charge is -2.04. The predicted molar refractivity (Wildman–Crippen MR) is 109 cm³/mol. The number of hydrogen-bond acceptors (Lipinski definition) is 7. The minimum atomic E-state index is -0.399. The summed E-state index contributed by atoms with van der Waals surface area (Å²) in [4.78, 5) is 33.7. The van der Waals surface area contributed by atoms with Gasteiger partial charge in [0.05, 0.1) is 18.8 Å². The van der Waals surface area contributed by atoms with Crippen molar-refractivity contribution in [2.45, 2.75) is 19.4 Å². The summed E-state index contributed by atoms with van der Waals surface area (Å²) in [6.07, 6.45) is 2.79. The van der Waals surface area contributed by atoms with Gasteiger partial charge in [0, 0.05) is 6.42 Å². The number of methoxy groups -OCH3 is 1. The normalized spacial score (nSPS) is 10.9. The molecule has 29 heavy (non-hydrogen) atoms. The lowest BCUT2D eigenvalue weighted by Crippen LogP contribution is -2.27. The number of fused-ring (bicyclic) bond motifs is 1.